The van der Waals surface area contributed by atoms with Crippen LogP contribution in [0.5, 0.6) is 0 Å². The van der Waals surface area contributed by atoms with Crippen molar-refractivity contribution in [3.8, 4) is 6.07 Å². The second kappa shape index (κ2) is 7.25. The zero-order valence-electron chi connectivity index (χ0n) is 12.3. The van der Waals surface area contributed by atoms with Crippen LogP contribution >= 0.6 is 0 Å². The van der Waals surface area contributed by atoms with Gasteiger partial charge in [-0.05, 0) is 31.0 Å². The van der Waals surface area contributed by atoms with Crippen molar-refractivity contribution in [2.24, 2.45) is 0 Å². The third kappa shape index (κ3) is 4.46. The summed E-state index contributed by atoms with van der Waals surface area (Å²) in [6, 6.07) is 11.6. The van der Waals surface area contributed by atoms with E-state index in [9.17, 15) is 0 Å². The quantitative estimate of drug-likeness (QED) is 0.851. The molecular weight excluding hydrogens is 262 g/mol. The molecule has 0 amide bonds. The molecule has 21 heavy (non-hydrogen) atoms. The molecule has 108 valence electrons. The third-order valence-corrected chi connectivity index (χ3v) is 2.92. The highest BCUT2D eigenvalue weighted by Gasteiger charge is 2.02. The van der Waals surface area contributed by atoms with Crippen molar-refractivity contribution in [3.63, 3.8) is 0 Å². The number of hydrogen-bond acceptors (Lipinski definition) is 5. The number of rotatable bonds is 6. The summed E-state index contributed by atoms with van der Waals surface area (Å²) < 4.78 is 0. The highest BCUT2D eigenvalue weighted by atomic mass is 15.1. The minimum atomic E-state index is 0.624. The lowest BCUT2D eigenvalue weighted by atomic mass is 10.1. The van der Waals surface area contributed by atoms with Crippen LogP contribution in [0.3, 0.4) is 0 Å². The molecule has 5 heteroatoms. The Kier molecular flexibility index (Phi) is 5.10. The Bertz CT molecular complexity index is 645. The van der Waals surface area contributed by atoms with Crippen LogP contribution in [0.1, 0.15) is 30.3 Å². The molecule has 5 nitrogen and oxygen atoms in total. The highest BCUT2D eigenvalue weighted by molar-refractivity contribution is 5.48. The smallest absolute Gasteiger partial charge is 0.132 e. The normalized spacial score (nSPS) is 9.95. The number of nitrogens with zero attached hydrogens (tertiary/aromatic N) is 3. The van der Waals surface area contributed by atoms with Gasteiger partial charge in [0.25, 0.3) is 0 Å². The van der Waals surface area contributed by atoms with Crippen LogP contribution in [0.25, 0.3) is 0 Å². The summed E-state index contributed by atoms with van der Waals surface area (Å²) in [6.07, 6.45) is 1.05. The van der Waals surface area contributed by atoms with Gasteiger partial charge in [-0.1, -0.05) is 19.1 Å². The molecule has 0 bridgehead atoms. The van der Waals surface area contributed by atoms with E-state index in [1.165, 1.54) is 0 Å². The first-order valence-electron chi connectivity index (χ1n) is 7.03. The number of nitriles is 1. The molecular formula is C16H19N5. The third-order valence-electron chi connectivity index (χ3n) is 2.92. The Labute approximate surface area is 125 Å². The van der Waals surface area contributed by atoms with Crippen molar-refractivity contribution < 1.29 is 0 Å². The lowest BCUT2D eigenvalue weighted by Gasteiger charge is -2.10. The molecule has 0 radical (unpaired) electrons. The summed E-state index contributed by atoms with van der Waals surface area (Å²) >= 11 is 0. The van der Waals surface area contributed by atoms with Crippen LogP contribution < -0.4 is 10.6 Å². The lowest BCUT2D eigenvalue weighted by Crippen LogP contribution is -2.07. The molecule has 0 unspecified atom stereocenters. The van der Waals surface area contributed by atoms with Gasteiger partial charge in [0.15, 0.2) is 0 Å². The van der Waals surface area contributed by atoms with Gasteiger partial charge < -0.3 is 10.6 Å². The number of hydrogen-bond donors (Lipinski definition) is 2. The summed E-state index contributed by atoms with van der Waals surface area (Å²) in [6.45, 7) is 5.50. The average molecular weight is 281 g/mol. The molecule has 2 N–H and O–H groups in total. The second-order valence-corrected chi connectivity index (χ2v) is 4.78. The fraction of sp³-hybridized carbons (Fsp3) is 0.312. The first kappa shape index (κ1) is 14.8. The van der Waals surface area contributed by atoms with Gasteiger partial charge in [0, 0.05) is 19.2 Å². The van der Waals surface area contributed by atoms with E-state index in [4.69, 9.17) is 5.26 Å². The van der Waals surface area contributed by atoms with E-state index in [0.717, 1.165) is 36.0 Å². The predicted octanol–water partition coefficient (Wildman–Crippen LogP) is 3.09. The van der Waals surface area contributed by atoms with Crippen molar-refractivity contribution in [1.82, 2.24) is 9.97 Å². The fourth-order valence-electron chi connectivity index (χ4n) is 1.95. The fourth-order valence-corrected chi connectivity index (χ4v) is 1.95. The summed E-state index contributed by atoms with van der Waals surface area (Å²) in [7, 11) is 0. The molecule has 0 saturated carbocycles. The Morgan fingerprint density at radius 3 is 2.62 bits per heavy atom. The number of aromatic nitrogens is 2. The molecule has 0 fully saturated rings. The van der Waals surface area contributed by atoms with Crippen LogP contribution in [0.2, 0.25) is 0 Å². The van der Waals surface area contributed by atoms with Gasteiger partial charge in [0.05, 0.1) is 11.6 Å². The molecule has 2 aromatic rings. The van der Waals surface area contributed by atoms with E-state index in [1.54, 1.807) is 6.07 Å². The van der Waals surface area contributed by atoms with E-state index in [-0.39, 0.29) is 0 Å². The second-order valence-electron chi connectivity index (χ2n) is 4.78. The van der Waals surface area contributed by atoms with Gasteiger partial charge in [-0.3, -0.25) is 0 Å². The predicted molar refractivity (Wildman–Crippen MR) is 84.0 cm³/mol. The minimum Gasteiger partial charge on any atom is -0.370 e. The first-order chi connectivity index (χ1) is 10.2. The van der Waals surface area contributed by atoms with Gasteiger partial charge in [-0.25, -0.2) is 9.97 Å². The molecule has 0 atom stereocenters. The standard InChI is InChI=1S/C16H19N5/c1-3-7-18-15-9-16(21-12(2)20-15)19-11-14-6-4-5-13(8-14)10-17/h4-6,8-9H,3,7,11H2,1-2H3,(H2,18,19,20,21). The van der Waals surface area contributed by atoms with E-state index in [0.29, 0.717) is 12.1 Å². The van der Waals surface area contributed by atoms with Gasteiger partial charge >= 0.3 is 0 Å². The molecule has 1 aromatic heterocycles. The summed E-state index contributed by atoms with van der Waals surface area (Å²) in [5.74, 6) is 2.34. The molecule has 0 aliphatic heterocycles. The zero-order valence-corrected chi connectivity index (χ0v) is 12.3. The highest BCUT2D eigenvalue weighted by Crippen LogP contribution is 2.13. The number of aryl methyl sites for hydroxylation is 1. The van der Waals surface area contributed by atoms with Crippen LogP contribution in [-0.4, -0.2) is 16.5 Å². The average Bonchev–Trinajstić information content (AvgIpc) is 2.50. The van der Waals surface area contributed by atoms with Gasteiger partial charge in [0.2, 0.25) is 0 Å². The van der Waals surface area contributed by atoms with Gasteiger partial charge in [0.1, 0.15) is 17.5 Å². The van der Waals surface area contributed by atoms with Crippen LogP contribution in [0.4, 0.5) is 11.6 Å². The van der Waals surface area contributed by atoms with Crippen molar-refractivity contribution in [1.29, 1.82) is 5.26 Å². The zero-order chi connectivity index (χ0) is 15.1. The van der Waals surface area contributed by atoms with Crippen molar-refractivity contribution in [2.75, 3.05) is 17.2 Å². The molecule has 1 heterocycles. The first-order valence-corrected chi connectivity index (χ1v) is 7.03. The van der Waals surface area contributed by atoms with E-state index in [1.807, 2.05) is 31.2 Å². The molecule has 0 spiro atoms. The summed E-state index contributed by atoms with van der Waals surface area (Å²) in [5.41, 5.74) is 1.71. The van der Waals surface area contributed by atoms with E-state index >= 15 is 0 Å². The summed E-state index contributed by atoms with van der Waals surface area (Å²) in [4.78, 5) is 8.72. The van der Waals surface area contributed by atoms with Crippen molar-refractivity contribution in [3.05, 3.63) is 47.3 Å². The van der Waals surface area contributed by atoms with Crippen molar-refractivity contribution >= 4 is 11.6 Å². The van der Waals surface area contributed by atoms with E-state index in [2.05, 4.69) is 33.6 Å². The molecule has 1 aromatic carbocycles. The SMILES string of the molecule is CCCNc1cc(NCc2cccc(C#N)c2)nc(C)n1. The van der Waals surface area contributed by atoms with Crippen molar-refractivity contribution in [2.45, 2.75) is 26.8 Å². The lowest BCUT2D eigenvalue weighted by molar-refractivity contribution is 0.951. The maximum absolute atomic E-state index is 8.90. The number of benzene rings is 1. The minimum absolute atomic E-state index is 0.624. The van der Waals surface area contributed by atoms with Crippen LogP contribution in [0.15, 0.2) is 30.3 Å². The molecule has 2 rings (SSSR count). The van der Waals surface area contributed by atoms with Crippen LogP contribution in [-0.2, 0) is 6.54 Å². The topological polar surface area (TPSA) is 73.6 Å². The Morgan fingerprint density at radius 1 is 1.14 bits per heavy atom. The monoisotopic (exact) mass is 281 g/mol. The number of nitrogens with one attached hydrogen (secondary N) is 2. The van der Waals surface area contributed by atoms with Crippen LogP contribution in [0, 0.1) is 18.3 Å². The van der Waals surface area contributed by atoms with E-state index < -0.39 is 0 Å². The Balaban J connectivity index is 2.05. The maximum atomic E-state index is 8.90. The number of anilines is 2. The molecule has 0 saturated heterocycles. The maximum Gasteiger partial charge on any atom is 0.132 e. The Hall–Kier alpha value is -2.61. The van der Waals surface area contributed by atoms with Gasteiger partial charge in [-0.15, -0.1) is 0 Å². The van der Waals surface area contributed by atoms with Gasteiger partial charge in [-0.2, -0.15) is 5.26 Å². The summed E-state index contributed by atoms with van der Waals surface area (Å²) in [5, 5.41) is 15.4. The Morgan fingerprint density at radius 2 is 1.90 bits per heavy atom. The largest absolute Gasteiger partial charge is 0.370 e. The molecule has 0 aliphatic rings. The molecule has 0 aliphatic carbocycles.